The average molecular weight is 331 g/mol. The van der Waals surface area contributed by atoms with Crippen LogP contribution < -0.4 is 0 Å². The SMILES string of the molecule is Cn1c2ccccc2c2cc3c4ccccc4c4ccccc4c3cc21. The van der Waals surface area contributed by atoms with Gasteiger partial charge in [0.1, 0.15) is 0 Å². The predicted molar refractivity (Wildman–Crippen MR) is 113 cm³/mol. The molecule has 122 valence electrons. The second-order valence-corrected chi connectivity index (χ2v) is 7.08. The molecule has 0 amide bonds. The highest BCUT2D eigenvalue weighted by molar-refractivity contribution is 6.28. The maximum Gasteiger partial charge on any atom is 0.0495 e. The molecule has 1 aromatic heterocycles. The summed E-state index contributed by atoms with van der Waals surface area (Å²) in [5, 5.41) is 10.6. The smallest absolute Gasteiger partial charge is 0.0495 e. The minimum Gasteiger partial charge on any atom is -0.344 e. The fraction of sp³-hybridized carbons (Fsp3) is 0.0400. The molecule has 0 spiro atoms. The summed E-state index contributed by atoms with van der Waals surface area (Å²) in [6, 6.07) is 31.0. The molecule has 0 aliphatic heterocycles. The van der Waals surface area contributed by atoms with Gasteiger partial charge in [-0.1, -0.05) is 66.7 Å². The first-order chi connectivity index (χ1) is 12.8. The van der Waals surface area contributed by atoms with E-state index in [0.717, 1.165) is 0 Å². The minimum absolute atomic E-state index is 1.28. The lowest BCUT2D eigenvalue weighted by molar-refractivity contribution is 1.02. The van der Waals surface area contributed by atoms with Gasteiger partial charge < -0.3 is 4.57 Å². The Kier molecular flexibility index (Phi) is 2.60. The van der Waals surface area contributed by atoms with Crippen molar-refractivity contribution < 1.29 is 0 Å². The van der Waals surface area contributed by atoms with Gasteiger partial charge in [0.15, 0.2) is 0 Å². The van der Waals surface area contributed by atoms with Crippen LogP contribution in [0.15, 0.2) is 84.9 Å². The molecule has 0 fully saturated rings. The zero-order chi connectivity index (χ0) is 17.3. The van der Waals surface area contributed by atoms with Crippen LogP contribution >= 0.6 is 0 Å². The number of nitrogens with zero attached hydrogens (tertiary/aromatic N) is 1. The van der Waals surface area contributed by atoms with Crippen LogP contribution in [0.25, 0.3) is 54.1 Å². The van der Waals surface area contributed by atoms with Gasteiger partial charge in [-0.2, -0.15) is 0 Å². The van der Waals surface area contributed by atoms with E-state index in [1.807, 2.05) is 0 Å². The molecular formula is C25H17N. The molecule has 0 bridgehead atoms. The molecule has 0 N–H and O–H groups in total. The summed E-state index contributed by atoms with van der Waals surface area (Å²) in [5.41, 5.74) is 2.57. The van der Waals surface area contributed by atoms with Gasteiger partial charge in [0.2, 0.25) is 0 Å². The highest BCUT2D eigenvalue weighted by atomic mass is 14.9. The van der Waals surface area contributed by atoms with Crippen molar-refractivity contribution in [3.05, 3.63) is 84.9 Å². The molecular weight excluding hydrogens is 314 g/mol. The van der Waals surface area contributed by atoms with Crippen molar-refractivity contribution in [1.29, 1.82) is 0 Å². The Morgan fingerprint density at radius 2 is 0.885 bits per heavy atom. The van der Waals surface area contributed by atoms with Crippen LogP contribution in [0.4, 0.5) is 0 Å². The Balaban J connectivity index is 1.98. The first-order valence-electron chi connectivity index (χ1n) is 9.03. The largest absolute Gasteiger partial charge is 0.344 e. The summed E-state index contributed by atoms with van der Waals surface area (Å²) >= 11 is 0. The van der Waals surface area contributed by atoms with Crippen LogP contribution in [0.1, 0.15) is 0 Å². The van der Waals surface area contributed by atoms with E-state index in [1.54, 1.807) is 0 Å². The average Bonchev–Trinajstić information content (AvgIpc) is 2.99. The van der Waals surface area contributed by atoms with Crippen molar-refractivity contribution in [3.63, 3.8) is 0 Å². The molecule has 6 rings (SSSR count). The quantitative estimate of drug-likeness (QED) is 0.270. The number of benzene rings is 5. The van der Waals surface area contributed by atoms with Gasteiger partial charge in [-0.3, -0.25) is 0 Å². The minimum atomic E-state index is 1.28. The molecule has 0 radical (unpaired) electrons. The van der Waals surface area contributed by atoms with Gasteiger partial charge in [0.05, 0.1) is 0 Å². The number of hydrogen-bond donors (Lipinski definition) is 0. The molecule has 0 unspecified atom stereocenters. The third kappa shape index (κ3) is 1.65. The van der Waals surface area contributed by atoms with E-state index < -0.39 is 0 Å². The monoisotopic (exact) mass is 331 g/mol. The summed E-state index contributed by atoms with van der Waals surface area (Å²) in [6.45, 7) is 0. The van der Waals surface area contributed by atoms with Gasteiger partial charge in [-0.25, -0.2) is 0 Å². The van der Waals surface area contributed by atoms with Gasteiger partial charge in [-0.05, 0) is 50.5 Å². The highest BCUT2D eigenvalue weighted by Crippen LogP contribution is 2.39. The Bertz CT molecular complexity index is 1480. The topological polar surface area (TPSA) is 4.93 Å². The van der Waals surface area contributed by atoms with Crippen molar-refractivity contribution in [3.8, 4) is 0 Å². The first-order valence-corrected chi connectivity index (χ1v) is 9.03. The van der Waals surface area contributed by atoms with Gasteiger partial charge in [0, 0.05) is 28.9 Å². The summed E-state index contributed by atoms with van der Waals surface area (Å²) < 4.78 is 2.31. The zero-order valence-electron chi connectivity index (χ0n) is 14.5. The molecule has 0 saturated carbocycles. The van der Waals surface area contributed by atoms with E-state index in [9.17, 15) is 0 Å². The third-order valence-electron chi connectivity index (χ3n) is 5.78. The number of aryl methyl sites for hydroxylation is 1. The Labute approximate surface area is 151 Å². The van der Waals surface area contributed by atoms with E-state index in [1.165, 1.54) is 54.1 Å². The van der Waals surface area contributed by atoms with Crippen molar-refractivity contribution >= 4 is 54.1 Å². The summed E-state index contributed by atoms with van der Waals surface area (Å²) in [6.07, 6.45) is 0. The first kappa shape index (κ1) is 13.9. The highest BCUT2D eigenvalue weighted by Gasteiger charge is 2.13. The number of hydrogen-bond acceptors (Lipinski definition) is 0. The normalized spacial score (nSPS) is 12.0. The third-order valence-corrected chi connectivity index (χ3v) is 5.78. The van der Waals surface area contributed by atoms with Crippen molar-refractivity contribution in [2.45, 2.75) is 0 Å². The Hall–Kier alpha value is -3.32. The molecule has 1 heterocycles. The molecule has 26 heavy (non-hydrogen) atoms. The molecule has 6 aromatic rings. The second-order valence-electron chi connectivity index (χ2n) is 7.08. The zero-order valence-corrected chi connectivity index (χ0v) is 14.5. The molecule has 1 heteroatoms. The molecule has 1 nitrogen and oxygen atoms in total. The lowest BCUT2D eigenvalue weighted by Crippen LogP contribution is -1.87. The standard InChI is InChI=1S/C25H17N/c1-26-24-13-7-6-12-20(24)23-14-21-18-10-4-2-8-16(18)17-9-3-5-11-19(17)22(21)15-25(23)26/h2-15H,1H3. The van der Waals surface area contributed by atoms with Crippen molar-refractivity contribution in [2.24, 2.45) is 7.05 Å². The van der Waals surface area contributed by atoms with Crippen molar-refractivity contribution in [2.75, 3.05) is 0 Å². The van der Waals surface area contributed by atoms with E-state index in [-0.39, 0.29) is 0 Å². The number of aromatic nitrogens is 1. The summed E-state index contributed by atoms with van der Waals surface area (Å²) in [4.78, 5) is 0. The lowest BCUT2D eigenvalue weighted by atomic mass is 9.93. The Morgan fingerprint density at radius 3 is 1.50 bits per heavy atom. The maximum atomic E-state index is 2.39. The van der Waals surface area contributed by atoms with E-state index >= 15 is 0 Å². The lowest BCUT2D eigenvalue weighted by Gasteiger charge is -2.11. The van der Waals surface area contributed by atoms with E-state index in [2.05, 4.69) is 96.5 Å². The van der Waals surface area contributed by atoms with Crippen molar-refractivity contribution in [1.82, 2.24) is 4.57 Å². The predicted octanol–water partition coefficient (Wildman–Crippen LogP) is 6.79. The number of fused-ring (bicyclic) bond motifs is 9. The van der Waals surface area contributed by atoms with Crippen LogP contribution in [-0.4, -0.2) is 4.57 Å². The van der Waals surface area contributed by atoms with Gasteiger partial charge >= 0.3 is 0 Å². The fourth-order valence-corrected chi connectivity index (χ4v) is 4.56. The van der Waals surface area contributed by atoms with Gasteiger partial charge in [0.25, 0.3) is 0 Å². The van der Waals surface area contributed by atoms with Gasteiger partial charge in [-0.15, -0.1) is 0 Å². The number of para-hydroxylation sites is 1. The number of rotatable bonds is 0. The maximum absolute atomic E-state index is 2.39. The fourth-order valence-electron chi connectivity index (χ4n) is 4.56. The second kappa shape index (κ2) is 4.86. The van der Waals surface area contributed by atoms with E-state index in [4.69, 9.17) is 0 Å². The molecule has 0 aliphatic rings. The molecule has 0 saturated heterocycles. The molecule has 5 aromatic carbocycles. The van der Waals surface area contributed by atoms with E-state index in [0.29, 0.717) is 0 Å². The van der Waals surface area contributed by atoms with Crippen LogP contribution in [0.2, 0.25) is 0 Å². The van der Waals surface area contributed by atoms with Crippen LogP contribution in [-0.2, 0) is 7.05 Å². The van der Waals surface area contributed by atoms with Crippen LogP contribution in [0.3, 0.4) is 0 Å². The summed E-state index contributed by atoms with van der Waals surface area (Å²) in [7, 11) is 2.17. The van der Waals surface area contributed by atoms with Crippen LogP contribution in [0.5, 0.6) is 0 Å². The Morgan fingerprint density at radius 1 is 0.423 bits per heavy atom. The summed E-state index contributed by atoms with van der Waals surface area (Å²) in [5.74, 6) is 0. The molecule has 0 atom stereocenters. The molecule has 0 aliphatic carbocycles. The van der Waals surface area contributed by atoms with Crippen LogP contribution in [0, 0.1) is 0 Å².